The van der Waals surface area contributed by atoms with Crippen LogP contribution in [0.2, 0.25) is 0 Å². The minimum Gasteiger partial charge on any atom is -0.454 e. The lowest BCUT2D eigenvalue weighted by Gasteiger charge is -2.26. The Morgan fingerprint density at radius 3 is 2.28 bits per heavy atom. The summed E-state index contributed by atoms with van der Waals surface area (Å²) < 4.78 is 9.36. The number of fused-ring (bicyclic) bond motifs is 9. The van der Waals surface area contributed by atoms with Crippen LogP contribution in [0.4, 0.5) is 17.1 Å². The Morgan fingerprint density at radius 2 is 1.36 bits per heavy atom. The molecule has 2 nitrogen and oxygen atoms in total. The fraction of sp³-hybridized carbons (Fsp3) is 0.0455. The quantitative estimate of drug-likeness (QED) is 0.195. The monoisotopic (exact) mass is 619 g/mol. The summed E-state index contributed by atoms with van der Waals surface area (Å²) >= 11 is 1.85. The van der Waals surface area contributed by atoms with Gasteiger partial charge in [0.1, 0.15) is 5.58 Å². The van der Waals surface area contributed by atoms with Crippen molar-refractivity contribution in [3.05, 3.63) is 157 Å². The van der Waals surface area contributed by atoms with E-state index >= 15 is 0 Å². The summed E-state index contributed by atoms with van der Waals surface area (Å²) in [5.74, 6) is 0. The highest BCUT2D eigenvalue weighted by atomic mass is 32.1. The van der Waals surface area contributed by atoms with Crippen molar-refractivity contribution in [2.24, 2.45) is 0 Å². The van der Waals surface area contributed by atoms with Gasteiger partial charge < -0.3 is 9.32 Å². The highest BCUT2D eigenvalue weighted by Gasteiger charge is 2.24. The van der Waals surface area contributed by atoms with Crippen LogP contribution >= 0.6 is 11.3 Å². The molecule has 1 aliphatic rings. The first-order chi connectivity index (χ1) is 23.3. The van der Waals surface area contributed by atoms with Gasteiger partial charge in [0, 0.05) is 42.3 Å². The van der Waals surface area contributed by atoms with Crippen molar-refractivity contribution < 1.29 is 4.42 Å². The molecule has 0 atom stereocenters. The Hall–Kier alpha value is -5.64. The minimum atomic E-state index is 0.906. The summed E-state index contributed by atoms with van der Waals surface area (Å²) in [6.07, 6.45) is 6.78. The van der Waals surface area contributed by atoms with Crippen molar-refractivity contribution in [3.8, 4) is 11.1 Å². The summed E-state index contributed by atoms with van der Waals surface area (Å²) in [6, 6.07) is 50.8. The number of hydrogen-bond acceptors (Lipinski definition) is 3. The predicted molar refractivity (Wildman–Crippen MR) is 202 cm³/mol. The molecule has 1 aliphatic carbocycles. The lowest BCUT2D eigenvalue weighted by Crippen LogP contribution is -2.10. The van der Waals surface area contributed by atoms with E-state index in [2.05, 4.69) is 157 Å². The molecule has 0 unspecified atom stereocenters. The first-order valence-corrected chi connectivity index (χ1v) is 17.0. The Labute approximate surface area is 276 Å². The second-order valence-corrected chi connectivity index (χ2v) is 13.5. The van der Waals surface area contributed by atoms with E-state index < -0.39 is 0 Å². The van der Waals surface area contributed by atoms with E-state index in [4.69, 9.17) is 4.42 Å². The fourth-order valence-electron chi connectivity index (χ4n) is 7.37. The van der Waals surface area contributed by atoms with Crippen molar-refractivity contribution in [1.82, 2.24) is 0 Å². The number of anilines is 3. The van der Waals surface area contributed by atoms with Gasteiger partial charge in [0.05, 0.1) is 5.69 Å². The van der Waals surface area contributed by atoms with E-state index in [-0.39, 0.29) is 0 Å². The Kier molecular flexibility index (Phi) is 5.91. The third kappa shape index (κ3) is 4.24. The molecule has 10 rings (SSSR count). The Balaban J connectivity index is 1.23. The van der Waals surface area contributed by atoms with Gasteiger partial charge in [-0.1, -0.05) is 103 Å². The van der Waals surface area contributed by atoms with Gasteiger partial charge in [-0.25, -0.2) is 0 Å². The van der Waals surface area contributed by atoms with Crippen molar-refractivity contribution in [1.29, 1.82) is 0 Å². The van der Waals surface area contributed by atoms with Crippen LogP contribution in [-0.4, -0.2) is 0 Å². The SMILES string of the molecule is C1=Cc2cc(-c3ccc(N(c4ccc5ccccc5c4)c4cc5c6ccccc6sc5c5c4oc4ccccc45)cc3)ccc2CC1. The van der Waals surface area contributed by atoms with Gasteiger partial charge in [0.2, 0.25) is 0 Å². The Morgan fingerprint density at radius 1 is 0.596 bits per heavy atom. The molecule has 3 heteroatoms. The lowest BCUT2D eigenvalue weighted by atomic mass is 9.93. The molecule has 0 N–H and O–H groups in total. The summed E-state index contributed by atoms with van der Waals surface area (Å²) in [7, 11) is 0. The topological polar surface area (TPSA) is 16.4 Å². The fourth-order valence-corrected chi connectivity index (χ4v) is 8.60. The molecule has 2 heterocycles. The third-order valence-electron chi connectivity index (χ3n) is 9.68. The number of allylic oxidation sites excluding steroid dienone is 1. The van der Waals surface area contributed by atoms with Gasteiger partial charge in [-0.15, -0.1) is 11.3 Å². The summed E-state index contributed by atoms with van der Waals surface area (Å²) in [5, 5.41) is 7.29. The number of rotatable bonds is 4. The summed E-state index contributed by atoms with van der Waals surface area (Å²) in [4.78, 5) is 2.38. The zero-order valence-corrected chi connectivity index (χ0v) is 26.4. The Bertz CT molecular complexity index is 2690. The van der Waals surface area contributed by atoms with Crippen LogP contribution in [0.5, 0.6) is 0 Å². The smallest absolute Gasteiger partial charge is 0.160 e. The highest BCUT2D eigenvalue weighted by molar-refractivity contribution is 7.26. The zero-order chi connectivity index (χ0) is 30.9. The number of para-hydroxylation sites is 1. The lowest BCUT2D eigenvalue weighted by molar-refractivity contribution is 0.669. The molecular weight excluding hydrogens is 591 g/mol. The molecule has 0 saturated heterocycles. The summed E-state index contributed by atoms with van der Waals surface area (Å²) in [5.41, 5.74) is 10.2. The molecular formula is C44H29NOS. The first kappa shape index (κ1) is 26.6. The predicted octanol–water partition coefficient (Wildman–Crippen LogP) is 13.2. The number of hydrogen-bond donors (Lipinski definition) is 0. The van der Waals surface area contributed by atoms with Gasteiger partial charge in [0.25, 0.3) is 0 Å². The van der Waals surface area contributed by atoms with Crippen LogP contribution in [0, 0.1) is 0 Å². The normalized spacial score (nSPS) is 12.9. The molecule has 0 bridgehead atoms. The van der Waals surface area contributed by atoms with Gasteiger partial charge in [-0.2, -0.15) is 0 Å². The first-order valence-electron chi connectivity index (χ1n) is 16.2. The van der Waals surface area contributed by atoms with E-state index in [1.54, 1.807) is 0 Å². The van der Waals surface area contributed by atoms with Crippen LogP contribution < -0.4 is 4.90 Å². The zero-order valence-electron chi connectivity index (χ0n) is 25.6. The standard InChI is InChI=1S/C44H29NOS/c1-3-11-31-25-33(18-17-28(31)9-1)30-19-22-34(23-20-30)45(35-24-21-29-10-2-4-12-32(29)26-35)39-27-38-36-13-6-8-16-41(36)47-44(38)42-37-14-5-7-15-40(37)46-43(39)42/h2-8,10-27H,1,9H2. The molecule has 222 valence electrons. The van der Waals surface area contributed by atoms with Crippen LogP contribution in [-0.2, 0) is 6.42 Å². The van der Waals surface area contributed by atoms with Crippen molar-refractivity contribution in [3.63, 3.8) is 0 Å². The number of thiophene rings is 1. The number of nitrogens with zero attached hydrogens (tertiary/aromatic N) is 1. The second kappa shape index (κ2) is 10.4. The van der Waals surface area contributed by atoms with E-state index in [0.29, 0.717) is 0 Å². The van der Waals surface area contributed by atoms with E-state index in [1.807, 2.05) is 11.3 Å². The molecule has 0 aliphatic heterocycles. The molecule has 7 aromatic carbocycles. The van der Waals surface area contributed by atoms with Gasteiger partial charge in [0.15, 0.2) is 5.58 Å². The molecule has 0 spiro atoms. The van der Waals surface area contributed by atoms with E-state index in [0.717, 1.165) is 46.5 Å². The number of furan rings is 1. The largest absolute Gasteiger partial charge is 0.454 e. The van der Waals surface area contributed by atoms with Crippen molar-refractivity contribution in [2.75, 3.05) is 4.90 Å². The van der Waals surface area contributed by atoms with Crippen molar-refractivity contribution >= 4 is 87.4 Å². The molecule has 0 fully saturated rings. The maximum Gasteiger partial charge on any atom is 0.160 e. The van der Waals surface area contributed by atoms with Crippen LogP contribution in [0.15, 0.2) is 150 Å². The van der Waals surface area contributed by atoms with Crippen LogP contribution in [0.3, 0.4) is 0 Å². The molecule has 9 aromatic rings. The van der Waals surface area contributed by atoms with E-state index in [9.17, 15) is 0 Å². The maximum atomic E-state index is 6.80. The molecule has 0 amide bonds. The second-order valence-electron chi connectivity index (χ2n) is 12.4. The maximum absolute atomic E-state index is 6.80. The summed E-state index contributed by atoms with van der Waals surface area (Å²) in [6.45, 7) is 0. The van der Waals surface area contributed by atoms with Gasteiger partial charge in [-0.3, -0.25) is 0 Å². The molecule has 0 saturated carbocycles. The minimum absolute atomic E-state index is 0.906. The van der Waals surface area contributed by atoms with Gasteiger partial charge >= 0.3 is 0 Å². The molecule has 0 radical (unpaired) electrons. The average molecular weight is 620 g/mol. The van der Waals surface area contributed by atoms with Crippen LogP contribution in [0.25, 0.3) is 70.1 Å². The number of aryl methyl sites for hydroxylation is 1. The van der Waals surface area contributed by atoms with Gasteiger partial charge in [-0.05, 0) is 94.4 Å². The van der Waals surface area contributed by atoms with E-state index in [1.165, 1.54) is 58.6 Å². The molecule has 2 aromatic heterocycles. The van der Waals surface area contributed by atoms with Crippen LogP contribution in [0.1, 0.15) is 17.5 Å². The highest BCUT2D eigenvalue weighted by Crippen LogP contribution is 2.49. The molecule has 47 heavy (non-hydrogen) atoms. The van der Waals surface area contributed by atoms with Crippen molar-refractivity contribution in [2.45, 2.75) is 12.8 Å². The average Bonchev–Trinajstić information content (AvgIpc) is 3.71. The number of benzene rings is 7. The third-order valence-corrected chi connectivity index (χ3v) is 10.9.